The highest BCUT2D eigenvalue weighted by Gasteiger charge is 2.10. The van der Waals surface area contributed by atoms with E-state index in [9.17, 15) is 10.1 Å². The lowest BCUT2D eigenvalue weighted by Crippen LogP contribution is -2.04. The summed E-state index contributed by atoms with van der Waals surface area (Å²) in [4.78, 5) is 14.8. The molecular formula is C14H15N3O2. The number of pyridine rings is 1. The van der Waals surface area contributed by atoms with Crippen LogP contribution in [0.3, 0.4) is 0 Å². The summed E-state index contributed by atoms with van der Waals surface area (Å²) in [5.74, 6) is 0. The Labute approximate surface area is 111 Å². The molecule has 0 aliphatic rings. The van der Waals surface area contributed by atoms with Gasteiger partial charge >= 0.3 is 0 Å². The number of nitro groups is 1. The van der Waals surface area contributed by atoms with E-state index in [0.29, 0.717) is 12.1 Å². The van der Waals surface area contributed by atoms with Gasteiger partial charge in [-0.25, -0.2) is 0 Å². The van der Waals surface area contributed by atoms with Gasteiger partial charge < -0.3 is 5.32 Å². The third kappa shape index (κ3) is 3.07. The average Bonchev–Trinajstić information content (AvgIpc) is 2.39. The van der Waals surface area contributed by atoms with Gasteiger partial charge in [-0.3, -0.25) is 15.1 Å². The van der Waals surface area contributed by atoms with Gasteiger partial charge in [0.1, 0.15) is 0 Å². The van der Waals surface area contributed by atoms with E-state index in [1.54, 1.807) is 25.3 Å². The maximum absolute atomic E-state index is 10.9. The number of anilines is 1. The van der Waals surface area contributed by atoms with Gasteiger partial charge in [-0.1, -0.05) is 12.1 Å². The third-order valence-corrected chi connectivity index (χ3v) is 2.98. The van der Waals surface area contributed by atoms with Crippen LogP contribution in [0.2, 0.25) is 0 Å². The van der Waals surface area contributed by atoms with E-state index in [4.69, 9.17) is 0 Å². The summed E-state index contributed by atoms with van der Waals surface area (Å²) in [5.41, 5.74) is 3.54. The van der Waals surface area contributed by atoms with Crippen molar-refractivity contribution in [2.45, 2.75) is 20.4 Å². The Bertz CT molecular complexity index is 611. The number of rotatable bonds is 4. The fourth-order valence-corrected chi connectivity index (χ4v) is 1.81. The quantitative estimate of drug-likeness (QED) is 0.674. The van der Waals surface area contributed by atoms with Gasteiger partial charge in [0.2, 0.25) is 0 Å². The number of nitrogens with one attached hydrogen (secondary N) is 1. The molecule has 0 radical (unpaired) electrons. The van der Waals surface area contributed by atoms with Crippen LogP contribution >= 0.6 is 0 Å². The fraction of sp³-hybridized carbons (Fsp3) is 0.214. The van der Waals surface area contributed by atoms with Gasteiger partial charge in [-0.05, 0) is 31.5 Å². The molecule has 5 heteroatoms. The summed E-state index contributed by atoms with van der Waals surface area (Å²) in [5, 5.41) is 14.0. The summed E-state index contributed by atoms with van der Waals surface area (Å²) < 4.78 is 0. The molecule has 1 N–H and O–H groups in total. The van der Waals surface area contributed by atoms with E-state index in [1.807, 2.05) is 25.1 Å². The lowest BCUT2D eigenvalue weighted by molar-refractivity contribution is -0.385. The molecule has 0 saturated heterocycles. The van der Waals surface area contributed by atoms with Gasteiger partial charge in [0.25, 0.3) is 5.69 Å². The zero-order valence-corrected chi connectivity index (χ0v) is 10.9. The molecule has 19 heavy (non-hydrogen) atoms. The lowest BCUT2D eigenvalue weighted by Gasteiger charge is -2.08. The predicted molar refractivity (Wildman–Crippen MR) is 74.1 cm³/mol. The van der Waals surface area contributed by atoms with Crippen LogP contribution in [-0.2, 0) is 6.54 Å². The fourth-order valence-electron chi connectivity index (χ4n) is 1.81. The molecule has 98 valence electrons. The van der Waals surface area contributed by atoms with Crippen LogP contribution in [0.4, 0.5) is 11.4 Å². The predicted octanol–water partition coefficient (Wildman–Crippen LogP) is 3.22. The van der Waals surface area contributed by atoms with Crippen molar-refractivity contribution in [2.24, 2.45) is 0 Å². The Kier molecular flexibility index (Phi) is 3.75. The maximum Gasteiger partial charge on any atom is 0.274 e. The molecule has 1 aromatic carbocycles. The first-order valence-electron chi connectivity index (χ1n) is 5.97. The SMILES string of the molecule is Cc1ccc(NCc2ncccc2C)cc1[N+](=O)[O-]. The standard InChI is InChI=1S/C14H15N3O2/c1-10-4-3-7-15-13(10)9-16-12-6-5-11(2)14(8-12)17(18)19/h3-8,16H,9H2,1-2H3. The molecular weight excluding hydrogens is 242 g/mol. The molecule has 0 unspecified atom stereocenters. The number of aromatic nitrogens is 1. The van der Waals surface area contributed by atoms with Crippen molar-refractivity contribution >= 4 is 11.4 Å². The van der Waals surface area contributed by atoms with Gasteiger partial charge in [0.15, 0.2) is 0 Å². The van der Waals surface area contributed by atoms with Crippen LogP contribution in [0.25, 0.3) is 0 Å². The molecule has 0 aliphatic heterocycles. The Hall–Kier alpha value is -2.43. The second-order valence-corrected chi connectivity index (χ2v) is 4.38. The smallest absolute Gasteiger partial charge is 0.274 e. The van der Waals surface area contributed by atoms with E-state index in [2.05, 4.69) is 10.3 Å². The summed E-state index contributed by atoms with van der Waals surface area (Å²) in [6, 6.07) is 9.00. The second-order valence-electron chi connectivity index (χ2n) is 4.38. The molecule has 0 bridgehead atoms. The van der Waals surface area contributed by atoms with Crippen molar-refractivity contribution in [3.63, 3.8) is 0 Å². The van der Waals surface area contributed by atoms with Crippen LogP contribution in [0, 0.1) is 24.0 Å². The Morgan fingerprint density at radius 1 is 1.26 bits per heavy atom. The van der Waals surface area contributed by atoms with Crippen molar-refractivity contribution in [3.8, 4) is 0 Å². The van der Waals surface area contributed by atoms with Crippen LogP contribution in [-0.4, -0.2) is 9.91 Å². The van der Waals surface area contributed by atoms with Crippen LogP contribution in [0.5, 0.6) is 0 Å². The molecule has 0 atom stereocenters. The van der Waals surface area contributed by atoms with Crippen molar-refractivity contribution in [2.75, 3.05) is 5.32 Å². The number of hydrogen-bond acceptors (Lipinski definition) is 4. The first kappa shape index (κ1) is 13.0. The van der Waals surface area contributed by atoms with Gasteiger partial charge in [0, 0.05) is 23.5 Å². The van der Waals surface area contributed by atoms with Gasteiger partial charge in [-0.15, -0.1) is 0 Å². The van der Waals surface area contributed by atoms with Crippen LogP contribution in [0.1, 0.15) is 16.8 Å². The molecule has 5 nitrogen and oxygen atoms in total. The summed E-state index contributed by atoms with van der Waals surface area (Å²) in [7, 11) is 0. The van der Waals surface area contributed by atoms with Gasteiger partial charge in [-0.2, -0.15) is 0 Å². The monoisotopic (exact) mass is 257 g/mol. The van der Waals surface area contributed by atoms with Crippen molar-refractivity contribution in [3.05, 3.63) is 63.5 Å². The number of benzene rings is 1. The molecule has 0 fully saturated rings. The van der Waals surface area contributed by atoms with Crippen molar-refractivity contribution < 1.29 is 4.92 Å². The highest BCUT2D eigenvalue weighted by Crippen LogP contribution is 2.22. The Morgan fingerprint density at radius 3 is 2.74 bits per heavy atom. The van der Waals surface area contributed by atoms with E-state index >= 15 is 0 Å². The van der Waals surface area contributed by atoms with Crippen molar-refractivity contribution in [1.29, 1.82) is 0 Å². The van der Waals surface area contributed by atoms with Crippen LogP contribution in [0.15, 0.2) is 36.5 Å². The molecule has 1 aromatic heterocycles. The first-order chi connectivity index (χ1) is 9.08. The minimum absolute atomic E-state index is 0.128. The first-order valence-corrected chi connectivity index (χ1v) is 5.97. The minimum Gasteiger partial charge on any atom is -0.379 e. The minimum atomic E-state index is -0.369. The molecule has 2 rings (SSSR count). The largest absolute Gasteiger partial charge is 0.379 e. The Morgan fingerprint density at radius 2 is 2.05 bits per heavy atom. The van der Waals surface area contributed by atoms with Crippen molar-refractivity contribution in [1.82, 2.24) is 4.98 Å². The zero-order chi connectivity index (χ0) is 13.8. The highest BCUT2D eigenvalue weighted by atomic mass is 16.6. The summed E-state index contributed by atoms with van der Waals surface area (Å²) >= 11 is 0. The molecule has 2 aromatic rings. The molecule has 0 amide bonds. The topological polar surface area (TPSA) is 68.1 Å². The van der Waals surface area contributed by atoms with E-state index in [-0.39, 0.29) is 10.6 Å². The van der Waals surface area contributed by atoms with E-state index < -0.39 is 0 Å². The lowest BCUT2D eigenvalue weighted by atomic mass is 10.1. The Balaban J connectivity index is 2.14. The number of nitro benzene ring substituents is 1. The zero-order valence-electron chi connectivity index (χ0n) is 10.9. The number of nitrogens with zero attached hydrogens (tertiary/aromatic N) is 2. The molecule has 1 heterocycles. The molecule has 0 saturated carbocycles. The normalized spacial score (nSPS) is 10.2. The van der Waals surface area contributed by atoms with Crippen LogP contribution < -0.4 is 5.32 Å². The second kappa shape index (κ2) is 5.48. The molecule has 0 aliphatic carbocycles. The maximum atomic E-state index is 10.9. The average molecular weight is 257 g/mol. The summed E-state index contributed by atoms with van der Waals surface area (Å²) in [6.45, 7) is 4.26. The highest BCUT2D eigenvalue weighted by molar-refractivity contribution is 5.55. The van der Waals surface area contributed by atoms with E-state index in [0.717, 1.165) is 16.9 Å². The molecule has 0 spiro atoms. The van der Waals surface area contributed by atoms with Gasteiger partial charge in [0.05, 0.1) is 17.2 Å². The number of hydrogen-bond donors (Lipinski definition) is 1. The van der Waals surface area contributed by atoms with E-state index in [1.165, 1.54) is 0 Å². The third-order valence-electron chi connectivity index (χ3n) is 2.98. The summed E-state index contributed by atoms with van der Waals surface area (Å²) in [6.07, 6.45) is 1.74. The number of aryl methyl sites for hydroxylation is 2.